The van der Waals surface area contributed by atoms with Crippen molar-refractivity contribution in [2.45, 2.75) is 39.2 Å². The van der Waals surface area contributed by atoms with Crippen molar-refractivity contribution in [1.29, 1.82) is 0 Å². The fraction of sp³-hybridized carbons (Fsp3) is 0.316. The van der Waals surface area contributed by atoms with Crippen LogP contribution in [0.4, 0.5) is 0 Å². The van der Waals surface area contributed by atoms with E-state index in [4.69, 9.17) is 9.15 Å². The molecule has 5 nitrogen and oxygen atoms in total. The fourth-order valence-corrected chi connectivity index (χ4v) is 4.19. The van der Waals surface area contributed by atoms with Crippen LogP contribution in [0.5, 0.6) is 0 Å². The number of thiophene rings is 1. The lowest BCUT2D eigenvalue weighted by Crippen LogP contribution is -2.09. The van der Waals surface area contributed by atoms with Gasteiger partial charge in [-0.3, -0.25) is 0 Å². The molecule has 0 bridgehead atoms. The maximum absolute atomic E-state index is 12.4. The first kappa shape index (κ1) is 16.0. The number of ether oxygens (including phenoxy) is 1. The van der Waals surface area contributed by atoms with Gasteiger partial charge in [0.05, 0.1) is 5.56 Å². The van der Waals surface area contributed by atoms with Gasteiger partial charge in [0.25, 0.3) is 5.89 Å². The number of benzene rings is 1. The molecular weight excluding hydrogens is 336 g/mol. The van der Waals surface area contributed by atoms with Gasteiger partial charge in [0, 0.05) is 15.8 Å². The van der Waals surface area contributed by atoms with Crippen LogP contribution in [-0.2, 0) is 24.2 Å². The lowest BCUT2D eigenvalue weighted by atomic mass is 9.96. The number of esters is 1. The third-order valence-corrected chi connectivity index (χ3v) is 5.43. The molecule has 0 radical (unpaired) electrons. The molecule has 0 fully saturated rings. The zero-order valence-electron chi connectivity index (χ0n) is 13.9. The number of fused-ring (bicyclic) bond motifs is 1. The van der Waals surface area contributed by atoms with Crippen LogP contribution in [-0.4, -0.2) is 16.2 Å². The van der Waals surface area contributed by atoms with E-state index in [1.807, 2.05) is 36.6 Å². The van der Waals surface area contributed by atoms with E-state index in [-0.39, 0.29) is 12.6 Å². The van der Waals surface area contributed by atoms with E-state index >= 15 is 0 Å². The minimum absolute atomic E-state index is 0.0116. The lowest BCUT2D eigenvalue weighted by Gasteiger charge is -2.11. The van der Waals surface area contributed by atoms with Crippen molar-refractivity contribution < 1.29 is 13.9 Å². The number of carbonyl (C=O) groups is 1. The van der Waals surface area contributed by atoms with Crippen molar-refractivity contribution >= 4 is 17.3 Å². The number of hydrogen-bond donors (Lipinski definition) is 0. The van der Waals surface area contributed by atoms with Gasteiger partial charge in [0.15, 0.2) is 6.61 Å². The first-order valence-electron chi connectivity index (χ1n) is 8.36. The van der Waals surface area contributed by atoms with Gasteiger partial charge >= 0.3 is 5.97 Å². The highest BCUT2D eigenvalue weighted by atomic mass is 32.1. The topological polar surface area (TPSA) is 65.2 Å². The van der Waals surface area contributed by atoms with E-state index in [0.29, 0.717) is 17.3 Å². The van der Waals surface area contributed by atoms with Crippen molar-refractivity contribution in [3.05, 3.63) is 57.1 Å². The highest BCUT2D eigenvalue weighted by molar-refractivity contribution is 7.10. The van der Waals surface area contributed by atoms with Crippen molar-refractivity contribution in [2.75, 3.05) is 0 Å². The highest BCUT2D eigenvalue weighted by Crippen LogP contribution is 2.30. The second-order valence-corrected chi connectivity index (χ2v) is 7.17. The van der Waals surface area contributed by atoms with E-state index in [2.05, 4.69) is 10.2 Å². The van der Waals surface area contributed by atoms with Gasteiger partial charge in [-0.15, -0.1) is 21.5 Å². The molecule has 4 rings (SSSR count). The molecule has 0 saturated heterocycles. The molecule has 1 aliphatic carbocycles. The summed E-state index contributed by atoms with van der Waals surface area (Å²) in [7, 11) is 0. The van der Waals surface area contributed by atoms with Crippen LogP contribution in [0.3, 0.4) is 0 Å². The summed E-state index contributed by atoms with van der Waals surface area (Å²) >= 11 is 1.65. The van der Waals surface area contributed by atoms with E-state index in [9.17, 15) is 4.79 Å². The lowest BCUT2D eigenvalue weighted by molar-refractivity contribution is 0.0438. The first-order valence-corrected chi connectivity index (χ1v) is 9.24. The Morgan fingerprint density at radius 1 is 1.28 bits per heavy atom. The van der Waals surface area contributed by atoms with E-state index in [0.717, 1.165) is 36.0 Å². The van der Waals surface area contributed by atoms with Crippen LogP contribution in [0.25, 0.3) is 11.5 Å². The van der Waals surface area contributed by atoms with Crippen LogP contribution >= 0.6 is 11.3 Å². The SMILES string of the molecule is Cc1cccc(-c2nnc(COC(=O)c3csc4c3CCCC4)o2)c1. The Hall–Kier alpha value is -2.47. The van der Waals surface area contributed by atoms with Crippen LogP contribution in [0.2, 0.25) is 0 Å². The molecule has 6 heteroatoms. The Labute approximate surface area is 149 Å². The van der Waals surface area contributed by atoms with Crippen LogP contribution in [0.1, 0.15) is 45.1 Å². The summed E-state index contributed by atoms with van der Waals surface area (Å²) < 4.78 is 11.0. The highest BCUT2D eigenvalue weighted by Gasteiger charge is 2.21. The summed E-state index contributed by atoms with van der Waals surface area (Å²) in [6.45, 7) is 1.99. The molecule has 0 unspecified atom stereocenters. The molecule has 3 aromatic rings. The Balaban J connectivity index is 1.43. The maximum atomic E-state index is 12.4. The summed E-state index contributed by atoms with van der Waals surface area (Å²) in [5.41, 5.74) is 3.83. The molecule has 1 aromatic carbocycles. The number of rotatable bonds is 4. The van der Waals surface area contributed by atoms with Gasteiger partial charge in [0.2, 0.25) is 5.89 Å². The molecule has 2 aromatic heterocycles. The zero-order chi connectivity index (χ0) is 17.2. The second-order valence-electron chi connectivity index (χ2n) is 6.20. The van der Waals surface area contributed by atoms with Crippen molar-refractivity contribution in [3.8, 4) is 11.5 Å². The summed E-state index contributed by atoms with van der Waals surface area (Å²) in [6.07, 6.45) is 4.36. The molecule has 0 aliphatic heterocycles. The third-order valence-electron chi connectivity index (χ3n) is 4.34. The van der Waals surface area contributed by atoms with Crippen molar-refractivity contribution in [1.82, 2.24) is 10.2 Å². The molecule has 0 N–H and O–H groups in total. The largest absolute Gasteiger partial charge is 0.452 e. The van der Waals surface area contributed by atoms with Crippen LogP contribution < -0.4 is 0 Å². The average Bonchev–Trinajstić information content (AvgIpc) is 3.27. The first-order chi connectivity index (χ1) is 12.2. The predicted octanol–water partition coefficient (Wildman–Crippen LogP) is 4.34. The minimum atomic E-state index is -0.310. The summed E-state index contributed by atoms with van der Waals surface area (Å²) in [4.78, 5) is 13.7. The van der Waals surface area contributed by atoms with Crippen molar-refractivity contribution in [3.63, 3.8) is 0 Å². The zero-order valence-corrected chi connectivity index (χ0v) is 14.8. The standard InChI is InChI=1S/C19H18N2O3S/c1-12-5-4-6-13(9-12)18-21-20-17(24-18)10-23-19(22)15-11-25-16-8-3-2-7-14(15)16/h4-6,9,11H,2-3,7-8,10H2,1H3. The molecule has 2 heterocycles. The number of aryl methyl sites for hydroxylation is 2. The molecule has 128 valence electrons. The number of hydrogen-bond acceptors (Lipinski definition) is 6. The predicted molar refractivity (Wildman–Crippen MR) is 94.6 cm³/mol. The second kappa shape index (κ2) is 6.80. The van der Waals surface area contributed by atoms with Crippen LogP contribution in [0, 0.1) is 6.92 Å². The molecule has 0 saturated carbocycles. The van der Waals surface area contributed by atoms with Gasteiger partial charge in [-0.05, 0) is 50.3 Å². The fourth-order valence-electron chi connectivity index (χ4n) is 3.08. The van der Waals surface area contributed by atoms with Gasteiger partial charge < -0.3 is 9.15 Å². The van der Waals surface area contributed by atoms with E-state index in [1.54, 1.807) is 11.3 Å². The number of aromatic nitrogens is 2. The van der Waals surface area contributed by atoms with Gasteiger partial charge in [0.1, 0.15) is 0 Å². The molecular formula is C19H18N2O3S. The summed E-state index contributed by atoms with van der Waals surface area (Å²) in [5.74, 6) is 0.423. The minimum Gasteiger partial charge on any atom is -0.452 e. The Kier molecular flexibility index (Phi) is 4.36. The van der Waals surface area contributed by atoms with Gasteiger partial charge in [-0.2, -0.15) is 0 Å². The average molecular weight is 354 g/mol. The molecule has 0 spiro atoms. The number of carbonyl (C=O) groups excluding carboxylic acids is 1. The van der Waals surface area contributed by atoms with Crippen LogP contribution in [0.15, 0.2) is 34.1 Å². The van der Waals surface area contributed by atoms with Gasteiger partial charge in [-0.1, -0.05) is 17.7 Å². The van der Waals surface area contributed by atoms with Crippen molar-refractivity contribution in [2.24, 2.45) is 0 Å². The quantitative estimate of drug-likeness (QED) is 0.652. The van der Waals surface area contributed by atoms with Gasteiger partial charge in [-0.25, -0.2) is 4.79 Å². The molecule has 25 heavy (non-hydrogen) atoms. The molecule has 0 amide bonds. The summed E-state index contributed by atoms with van der Waals surface area (Å²) in [5, 5.41) is 9.91. The maximum Gasteiger partial charge on any atom is 0.339 e. The normalized spacial score (nSPS) is 13.5. The molecule has 0 atom stereocenters. The molecule has 1 aliphatic rings. The number of nitrogens with zero attached hydrogens (tertiary/aromatic N) is 2. The smallest absolute Gasteiger partial charge is 0.339 e. The van der Waals surface area contributed by atoms with E-state index in [1.165, 1.54) is 11.3 Å². The Bertz CT molecular complexity index is 913. The monoisotopic (exact) mass is 354 g/mol. The Morgan fingerprint density at radius 3 is 3.04 bits per heavy atom. The summed E-state index contributed by atoms with van der Waals surface area (Å²) in [6, 6.07) is 7.83. The Morgan fingerprint density at radius 2 is 2.16 bits per heavy atom. The van der Waals surface area contributed by atoms with E-state index < -0.39 is 0 Å². The third kappa shape index (κ3) is 3.35.